The predicted octanol–water partition coefficient (Wildman–Crippen LogP) is -0.435. The van der Waals surface area contributed by atoms with Crippen LogP contribution in [0.3, 0.4) is 0 Å². The van der Waals surface area contributed by atoms with E-state index in [1.165, 1.54) is 16.8 Å². The van der Waals surface area contributed by atoms with Crippen LogP contribution in [-0.2, 0) is 17.1 Å². The molecule has 4 N–H and O–H groups in total. The van der Waals surface area contributed by atoms with Crippen molar-refractivity contribution in [3.63, 3.8) is 0 Å². The Bertz CT molecular complexity index is 536. The van der Waals surface area contributed by atoms with Crippen molar-refractivity contribution in [1.82, 2.24) is 9.88 Å². The summed E-state index contributed by atoms with van der Waals surface area (Å²) >= 11 is 0. The zero-order valence-electron chi connectivity index (χ0n) is 10.8. The number of aryl methyl sites for hydroxylation is 1. The molecule has 0 saturated carbocycles. The molecule has 7 nitrogen and oxygen atoms in total. The Morgan fingerprint density at radius 2 is 2.11 bits per heavy atom. The number of unbranched alkanes of at least 4 members (excludes halogenated alkanes) is 2. The molecule has 8 heteroatoms. The van der Waals surface area contributed by atoms with Gasteiger partial charge < -0.3 is 15.0 Å². The first-order valence-corrected chi connectivity index (χ1v) is 7.49. The van der Waals surface area contributed by atoms with Crippen LogP contribution in [0.5, 0.6) is 0 Å². The first kappa shape index (κ1) is 15.7. The Labute approximate surface area is 112 Å². The number of aliphatic hydroxyl groups is 1. The number of rotatable bonds is 7. The molecule has 1 aromatic heterocycles. The summed E-state index contributed by atoms with van der Waals surface area (Å²) < 4.78 is 23.7. The van der Waals surface area contributed by atoms with Crippen molar-refractivity contribution in [2.24, 2.45) is 12.2 Å². The van der Waals surface area contributed by atoms with E-state index in [9.17, 15) is 13.2 Å². The van der Waals surface area contributed by atoms with Gasteiger partial charge in [-0.15, -0.1) is 0 Å². The highest BCUT2D eigenvalue weighted by atomic mass is 32.2. The summed E-state index contributed by atoms with van der Waals surface area (Å²) in [7, 11) is -2.22. The standard InChI is InChI=1S/C11H19N3O4S/c1-14-8-9(19(12,17)18)7-10(14)11(16)13-5-3-2-4-6-15/h7-8,15H,2-6H2,1H3,(H,13,16)(H2,12,17,18). The largest absolute Gasteiger partial charge is 0.396 e. The van der Waals surface area contributed by atoms with E-state index in [2.05, 4.69) is 5.32 Å². The summed E-state index contributed by atoms with van der Waals surface area (Å²) in [6, 6.07) is 1.25. The molecule has 0 aliphatic carbocycles. The van der Waals surface area contributed by atoms with E-state index in [1.54, 1.807) is 7.05 Å². The Morgan fingerprint density at radius 3 is 2.63 bits per heavy atom. The van der Waals surface area contributed by atoms with E-state index in [1.807, 2.05) is 0 Å². The number of nitrogens with one attached hydrogen (secondary N) is 1. The van der Waals surface area contributed by atoms with E-state index in [0.717, 1.165) is 12.8 Å². The molecular formula is C11H19N3O4S. The van der Waals surface area contributed by atoms with Crippen LogP contribution in [0.25, 0.3) is 0 Å². The molecule has 1 heterocycles. The fourth-order valence-corrected chi connectivity index (χ4v) is 2.20. The average Bonchev–Trinajstić information content (AvgIpc) is 2.70. The third-order valence-electron chi connectivity index (χ3n) is 2.66. The van der Waals surface area contributed by atoms with Crippen molar-refractivity contribution in [1.29, 1.82) is 0 Å². The fraction of sp³-hybridized carbons (Fsp3) is 0.545. The van der Waals surface area contributed by atoms with Gasteiger partial charge in [0.25, 0.3) is 5.91 Å². The molecule has 0 aliphatic heterocycles. The van der Waals surface area contributed by atoms with E-state index in [4.69, 9.17) is 10.2 Å². The quantitative estimate of drug-likeness (QED) is 0.590. The number of nitrogens with zero attached hydrogens (tertiary/aromatic N) is 1. The SMILES string of the molecule is Cn1cc(S(N)(=O)=O)cc1C(=O)NCCCCCO. The van der Waals surface area contributed by atoms with Crippen molar-refractivity contribution < 1.29 is 18.3 Å². The second-order valence-electron chi connectivity index (χ2n) is 4.26. The van der Waals surface area contributed by atoms with Crippen LogP contribution in [0.1, 0.15) is 29.8 Å². The highest BCUT2D eigenvalue weighted by Gasteiger charge is 2.16. The second kappa shape index (κ2) is 6.69. The Morgan fingerprint density at radius 1 is 1.42 bits per heavy atom. The van der Waals surface area contributed by atoms with Crippen LogP contribution in [0, 0.1) is 0 Å². The van der Waals surface area contributed by atoms with Crippen LogP contribution in [-0.4, -0.2) is 37.2 Å². The lowest BCUT2D eigenvalue weighted by atomic mass is 10.2. The Kier molecular flexibility index (Phi) is 5.52. The summed E-state index contributed by atoms with van der Waals surface area (Å²) in [5, 5.41) is 16.3. The second-order valence-corrected chi connectivity index (χ2v) is 5.82. The molecule has 0 bridgehead atoms. The smallest absolute Gasteiger partial charge is 0.267 e. The third-order valence-corrected chi connectivity index (χ3v) is 3.54. The van der Waals surface area contributed by atoms with E-state index >= 15 is 0 Å². The highest BCUT2D eigenvalue weighted by molar-refractivity contribution is 7.89. The number of primary sulfonamides is 1. The molecule has 0 saturated heterocycles. The maximum atomic E-state index is 11.8. The van der Waals surface area contributed by atoms with Gasteiger partial charge in [-0.25, -0.2) is 13.6 Å². The van der Waals surface area contributed by atoms with E-state index in [0.29, 0.717) is 13.0 Å². The van der Waals surface area contributed by atoms with Gasteiger partial charge in [-0.3, -0.25) is 4.79 Å². The maximum absolute atomic E-state index is 11.8. The van der Waals surface area contributed by atoms with Gasteiger partial charge in [-0.05, 0) is 25.3 Å². The number of aliphatic hydroxyl groups excluding tert-OH is 1. The number of hydrogen-bond donors (Lipinski definition) is 3. The lowest BCUT2D eigenvalue weighted by Gasteiger charge is -2.05. The van der Waals surface area contributed by atoms with Crippen molar-refractivity contribution in [3.8, 4) is 0 Å². The number of amides is 1. The molecule has 19 heavy (non-hydrogen) atoms. The lowest BCUT2D eigenvalue weighted by Crippen LogP contribution is -2.26. The Hall–Kier alpha value is -1.38. The van der Waals surface area contributed by atoms with Crippen LogP contribution in [0.4, 0.5) is 0 Å². The molecule has 0 atom stereocenters. The average molecular weight is 289 g/mol. The first-order valence-electron chi connectivity index (χ1n) is 5.94. The molecule has 1 amide bonds. The number of hydrogen-bond acceptors (Lipinski definition) is 4. The molecule has 1 rings (SSSR count). The summed E-state index contributed by atoms with van der Waals surface area (Å²) in [5.41, 5.74) is 0.242. The van der Waals surface area contributed by atoms with Crippen LogP contribution >= 0.6 is 0 Å². The highest BCUT2D eigenvalue weighted by Crippen LogP contribution is 2.11. The van der Waals surface area contributed by atoms with Gasteiger partial charge >= 0.3 is 0 Å². The van der Waals surface area contributed by atoms with Crippen molar-refractivity contribution in [3.05, 3.63) is 18.0 Å². The minimum Gasteiger partial charge on any atom is -0.396 e. The normalized spacial score (nSPS) is 11.5. The van der Waals surface area contributed by atoms with Crippen molar-refractivity contribution in [2.75, 3.05) is 13.2 Å². The number of carbonyl (C=O) groups excluding carboxylic acids is 1. The van der Waals surface area contributed by atoms with Crippen LogP contribution in [0.2, 0.25) is 0 Å². The minimum atomic E-state index is -3.80. The molecule has 0 aliphatic rings. The molecule has 1 aromatic rings. The monoisotopic (exact) mass is 289 g/mol. The van der Waals surface area contributed by atoms with Crippen molar-refractivity contribution >= 4 is 15.9 Å². The van der Waals surface area contributed by atoms with Crippen molar-refractivity contribution in [2.45, 2.75) is 24.2 Å². The molecule has 0 radical (unpaired) electrons. The molecule has 0 unspecified atom stereocenters. The molecule has 108 valence electrons. The maximum Gasteiger partial charge on any atom is 0.267 e. The summed E-state index contributed by atoms with van der Waals surface area (Å²) in [6.45, 7) is 0.623. The zero-order chi connectivity index (χ0) is 14.5. The van der Waals surface area contributed by atoms with E-state index < -0.39 is 10.0 Å². The fourth-order valence-electron chi connectivity index (χ4n) is 1.62. The lowest BCUT2D eigenvalue weighted by molar-refractivity contribution is 0.0944. The van der Waals surface area contributed by atoms with E-state index in [-0.39, 0.29) is 23.1 Å². The minimum absolute atomic E-state index is 0.0829. The van der Waals surface area contributed by atoms with Gasteiger partial charge in [-0.1, -0.05) is 0 Å². The van der Waals surface area contributed by atoms with Gasteiger partial charge in [0.1, 0.15) is 10.6 Å². The van der Waals surface area contributed by atoms with Gasteiger partial charge in [0, 0.05) is 26.4 Å². The predicted molar refractivity (Wildman–Crippen MR) is 70.1 cm³/mol. The number of sulfonamides is 1. The van der Waals surface area contributed by atoms with Crippen LogP contribution < -0.4 is 10.5 Å². The summed E-state index contributed by atoms with van der Waals surface area (Å²) in [5.74, 6) is -0.346. The Balaban J connectivity index is 2.60. The zero-order valence-corrected chi connectivity index (χ0v) is 11.6. The topological polar surface area (TPSA) is 114 Å². The van der Waals surface area contributed by atoms with Gasteiger partial charge in [0.05, 0.1) is 0 Å². The summed E-state index contributed by atoms with van der Waals surface area (Å²) in [6.07, 6.45) is 3.59. The molecule has 0 fully saturated rings. The van der Waals surface area contributed by atoms with Gasteiger partial charge in [0.15, 0.2) is 0 Å². The molecular weight excluding hydrogens is 270 g/mol. The first-order chi connectivity index (χ1) is 8.86. The third kappa shape index (κ3) is 4.66. The molecule has 0 spiro atoms. The number of nitrogens with two attached hydrogens (primary N) is 1. The number of aromatic nitrogens is 1. The van der Waals surface area contributed by atoms with Gasteiger partial charge in [-0.2, -0.15) is 0 Å². The van der Waals surface area contributed by atoms with Crippen LogP contribution in [0.15, 0.2) is 17.2 Å². The number of carbonyl (C=O) groups is 1. The van der Waals surface area contributed by atoms with Gasteiger partial charge in [0.2, 0.25) is 10.0 Å². The summed E-state index contributed by atoms with van der Waals surface area (Å²) in [4.78, 5) is 11.7. The molecule has 0 aromatic carbocycles.